The Balaban J connectivity index is 1.50. The SMILES string of the molecule is CCCCCC1CCC(c2ccc(OCC(F)(F)Oc3ccc(OCC)c(F)c3F)cc2)CC1. The summed E-state index contributed by atoms with van der Waals surface area (Å²) >= 11 is 0. The molecule has 1 fully saturated rings. The number of hydrogen-bond donors (Lipinski definition) is 0. The minimum Gasteiger partial charge on any atom is -0.491 e. The molecule has 0 N–H and O–H groups in total. The van der Waals surface area contributed by atoms with E-state index in [1.54, 1.807) is 19.1 Å². The third kappa shape index (κ3) is 7.28. The molecule has 0 radical (unpaired) electrons. The van der Waals surface area contributed by atoms with E-state index in [2.05, 4.69) is 11.7 Å². The van der Waals surface area contributed by atoms with Gasteiger partial charge in [0.25, 0.3) is 0 Å². The molecule has 0 aliphatic heterocycles. The first-order valence-electron chi connectivity index (χ1n) is 12.2. The van der Waals surface area contributed by atoms with Crippen molar-refractivity contribution in [2.75, 3.05) is 13.2 Å². The van der Waals surface area contributed by atoms with Crippen molar-refractivity contribution in [2.45, 2.75) is 77.2 Å². The Labute approximate surface area is 199 Å². The van der Waals surface area contributed by atoms with Crippen molar-refractivity contribution >= 4 is 0 Å². The lowest BCUT2D eigenvalue weighted by atomic mass is 9.77. The Bertz CT molecular complexity index is 893. The Morgan fingerprint density at radius 1 is 0.824 bits per heavy atom. The van der Waals surface area contributed by atoms with Crippen LogP contribution in [0, 0.1) is 17.6 Å². The lowest BCUT2D eigenvalue weighted by Crippen LogP contribution is -2.33. The fourth-order valence-corrected chi connectivity index (χ4v) is 4.52. The highest BCUT2D eigenvalue weighted by atomic mass is 19.3. The summed E-state index contributed by atoms with van der Waals surface area (Å²) in [5.74, 6) is -2.61. The van der Waals surface area contributed by atoms with Gasteiger partial charge in [0.15, 0.2) is 18.1 Å². The molecule has 34 heavy (non-hydrogen) atoms. The number of halogens is 4. The predicted octanol–water partition coefficient (Wildman–Crippen LogP) is 8.27. The minimum atomic E-state index is -3.85. The van der Waals surface area contributed by atoms with Crippen molar-refractivity contribution in [3.63, 3.8) is 0 Å². The van der Waals surface area contributed by atoms with E-state index in [9.17, 15) is 17.6 Å². The van der Waals surface area contributed by atoms with E-state index < -0.39 is 30.1 Å². The fourth-order valence-electron chi connectivity index (χ4n) is 4.52. The number of unbranched alkanes of at least 4 members (excludes halogenated alkanes) is 2. The third-order valence-electron chi connectivity index (χ3n) is 6.39. The van der Waals surface area contributed by atoms with Gasteiger partial charge in [-0.1, -0.05) is 44.7 Å². The zero-order chi connectivity index (χ0) is 24.6. The lowest BCUT2D eigenvalue weighted by molar-refractivity contribution is -0.196. The highest BCUT2D eigenvalue weighted by Crippen LogP contribution is 2.38. The maximum atomic E-state index is 14.2. The normalized spacial score (nSPS) is 18.5. The van der Waals surface area contributed by atoms with Gasteiger partial charge in [0.1, 0.15) is 5.75 Å². The maximum absolute atomic E-state index is 14.2. The second-order valence-corrected chi connectivity index (χ2v) is 8.93. The first kappa shape index (κ1) is 26.2. The predicted molar refractivity (Wildman–Crippen MR) is 124 cm³/mol. The molecular formula is C27H34F4O3. The molecule has 0 heterocycles. The van der Waals surface area contributed by atoms with Crippen LogP contribution in [0.4, 0.5) is 17.6 Å². The maximum Gasteiger partial charge on any atom is 0.433 e. The standard InChI is InChI=1S/C27H34F4O3/c1-3-5-6-7-19-8-10-20(11-9-19)21-12-14-22(15-13-21)33-18-27(30,31)34-24-17-16-23(32-4-2)25(28)26(24)29/h12-17,19-20H,3-11,18H2,1-2H3. The van der Waals surface area contributed by atoms with Gasteiger partial charge in [0, 0.05) is 0 Å². The molecule has 1 aliphatic rings. The van der Waals surface area contributed by atoms with Crippen molar-refractivity contribution in [2.24, 2.45) is 5.92 Å². The van der Waals surface area contributed by atoms with Crippen LogP contribution in [0.1, 0.15) is 76.7 Å². The van der Waals surface area contributed by atoms with Crippen molar-refractivity contribution in [1.29, 1.82) is 0 Å². The van der Waals surface area contributed by atoms with Crippen molar-refractivity contribution < 1.29 is 31.8 Å². The monoisotopic (exact) mass is 482 g/mol. The first-order valence-corrected chi connectivity index (χ1v) is 12.2. The van der Waals surface area contributed by atoms with Gasteiger partial charge in [0.05, 0.1) is 6.61 Å². The van der Waals surface area contributed by atoms with E-state index in [1.165, 1.54) is 44.1 Å². The van der Waals surface area contributed by atoms with Crippen molar-refractivity contribution in [3.05, 3.63) is 53.6 Å². The molecule has 3 rings (SSSR count). The highest BCUT2D eigenvalue weighted by Gasteiger charge is 2.35. The average Bonchev–Trinajstić information content (AvgIpc) is 2.84. The summed E-state index contributed by atoms with van der Waals surface area (Å²) in [4.78, 5) is 0. The quantitative estimate of drug-likeness (QED) is 0.225. The van der Waals surface area contributed by atoms with Gasteiger partial charge in [-0.15, -0.1) is 0 Å². The number of rotatable bonds is 12. The van der Waals surface area contributed by atoms with Gasteiger partial charge in [-0.2, -0.15) is 17.6 Å². The van der Waals surface area contributed by atoms with Crippen molar-refractivity contribution in [3.8, 4) is 17.2 Å². The first-order chi connectivity index (χ1) is 16.3. The summed E-state index contributed by atoms with van der Waals surface area (Å²) in [5.41, 5.74) is 1.19. The van der Waals surface area contributed by atoms with Gasteiger partial charge in [0.2, 0.25) is 11.6 Å². The molecule has 1 aliphatic carbocycles. The molecule has 0 bridgehead atoms. The molecular weight excluding hydrogens is 448 g/mol. The van der Waals surface area contributed by atoms with Crippen LogP contribution in [-0.2, 0) is 0 Å². The Kier molecular flexibility index (Phi) is 9.48. The molecule has 0 aromatic heterocycles. The van der Waals surface area contributed by atoms with E-state index in [0.717, 1.165) is 30.9 Å². The number of hydrogen-bond acceptors (Lipinski definition) is 3. The zero-order valence-corrected chi connectivity index (χ0v) is 19.9. The van der Waals surface area contributed by atoms with Crippen LogP contribution in [0.15, 0.2) is 36.4 Å². The van der Waals surface area contributed by atoms with Crippen LogP contribution >= 0.6 is 0 Å². The van der Waals surface area contributed by atoms with E-state index in [-0.39, 0.29) is 18.1 Å². The smallest absolute Gasteiger partial charge is 0.433 e. The molecule has 0 amide bonds. The Morgan fingerprint density at radius 3 is 2.12 bits per heavy atom. The molecule has 0 spiro atoms. The number of ether oxygens (including phenoxy) is 3. The second-order valence-electron chi connectivity index (χ2n) is 8.93. The fraction of sp³-hybridized carbons (Fsp3) is 0.556. The summed E-state index contributed by atoms with van der Waals surface area (Å²) in [6.07, 6.45) is 6.09. The molecule has 3 nitrogen and oxygen atoms in total. The molecule has 0 saturated heterocycles. The molecule has 0 atom stereocenters. The third-order valence-corrected chi connectivity index (χ3v) is 6.39. The molecule has 7 heteroatoms. The van der Waals surface area contributed by atoms with Gasteiger partial charge in [-0.05, 0) is 74.3 Å². The lowest BCUT2D eigenvalue weighted by Gasteiger charge is -2.29. The zero-order valence-electron chi connectivity index (χ0n) is 19.9. The molecule has 188 valence electrons. The van der Waals surface area contributed by atoms with Crippen LogP contribution in [0.5, 0.6) is 17.2 Å². The molecule has 2 aromatic carbocycles. The summed E-state index contributed by atoms with van der Waals surface area (Å²) in [6.45, 7) is 2.80. The van der Waals surface area contributed by atoms with Gasteiger partial charge >= 0.3 is 6.11 Å². The van der Waals surface area contributed by atoms with E-state index in [1.807, 2.05) is 12.1 Å². The Morgan fingerprint density at radius 2 is 1.47 bits per heavy atom. The molecule has 2 aromatic rings. The van der Waals surface area contributed by atoms with Crippen LogP contribution in [-0.4, -0.2) is 19.3 Å². The van der Waals surface area contributed by atoms with Crippen LogP contribution in [0.25, 0.3) is 0 Å². The van der Waals surface area contributed by atoms with E-state index >= 15 is 0 Å². The van der Waals surface area contributed by atoms with Crippen molar-refractivity contribution in [1.82, 2.24) is 0 Å². The topological polar surface area (TPSA) is 27.7 Å². The highest BCUT2D eigenvalue weighted by molar-refractivity contribution is 5.35. The van der Waals surface area contributed by atoms with Gasteiger partial charge in [-0.3, -0.25) is 0 Å². The molecule has 0 unspecified atom stereocenters. The summed E-state index contributed by atoms with van der Waals surface area (Å²) in [7, 11) is 0. The van der Waals surface area contributed by atoms with E-state index in [0.29, 0.717) is 5.92 Å². The minimum absolute atomic E-state index is 0.111. The van der Waals surface area contributed by atoms with Gasteiger partial charge in [-0.25, -0.2) is 0 Å². The molecule has 1 saturated carbocycles. The summed E-state index contributed by atoms with van der Waals surface area (Å²) in [5, 5.41) is 0. The second kappa shape index (κ2) is 12.3. The van der Waals surface area contributed by atoms with Crippen LogP contribution in [0.3, 0.4) is 0 Å². The van der Waals surface area contributed by atoms with E-state index in [4.69, 9.17) is 9.47 Å². The van der Waals surface area contributed by atoms with Gasteiger partial charge < -0.3 is 14.2 Å². The summed E-state index contributed by atoms with van der Waals surface area (Å²) < 4.78 is 70.8. The Hall–Kier alpha value is -2.44. The largest absolute Gasteiger partial charge is 0.491 e. The average molecular weight is 483 g/mol. The number of alkyl halides is 2. The number of benzene rings is 2. The van der Waals surface area contributed by atoms with Crippen LogP contribution in [0.2, 0.25) is 0 Å². The summed E-state index contributed by atoms with van der Waals surface area (Å²) in [6, 6.07) is 9.11. The van der Waals surface area contributed by atoms with Crippen LogP contribution < -0.4 is 14.2 Å².